The summed E-state index contributed by atoms with van der Waals surface area (Å²) in [7, 11) is 1.64. The van der Waals surface area contributed by atoms with Crippen molar-refractivity contribution in [3.8, 4) is 5.75 Å². The minimum atomic E-state index is -0.684. The molecule has 23 heavy (non-hydrogen) atoms. The first-order chi connectivity index (χ1) is 11.0. The number of nitrogens with zero attached hydrogens (tertiary/aromatic N) is 1. The summed E-state index contributed by atoms with van der Waals surface area (Å²) in [5.74, 6) is 0.575. The molecule has 0 aliphatic heterocycles. The van der Waals surface area contributed by atoms with Crippen LogP contribution in [0.4, 0.5) is 0 Å². The lowest BCUT2D eigenvalue weighted by Crippen LogP contribution is -2.39. The predicted molar refractivity (Wildman–Crippen MR) is 90.4 cm³/mol. The van der Waals surface area contributed by atoms with Crippen LogP contribution in [0, 0.1) is 0 Å². The quantitative estimate of drug-likeness (QED) is 0.671. The largest absolute Gasteiger partial charge is 0.497 e. The number of methoxy groups -OCH3 is 1. The highest BCUT2D eigenvalue weighted by atomic mass is 16.5. The lowest BCUT2D eigenvalue weighted by molar-refractivity contribution is -0.147. The Morgan fingerprint density at radius 2 is 1.91 bits per heavy atom. The van der Waals surface area contributed by atoms with Crippen LogP contribution in [-0.4, -0.2) is 48.4 Å². The Hall–Kier alpha value is -1.59. The minimum absolute atomic E-state index is 0.0463. The predicted octanol–water partition coefficient (Wildman–Crippen LogP) is 2.61. The molecule has 0 amide bonds. The van der Waals surface area contributed by atoms with E-state index in [1.807, 2.05) is 31.2 Å². The summed E-state index contributed by atoms with van der Waals surface area (Å²) >= 11 is 0. The number of carbonyl (C=O) groups is 1. The summed E-state index contributed by atoms with van der Waals surface area (Å²) in [5.41, 5.74) is 1.15. The molecule has 5 nitrogen and oxygen atoms in total. The zero-order chi connectivity index (χ0) is 17.2. The van der Waals surface area contributed by atoms with E-state index in [9.17, 15) is 9.90 Å². The Kier molecular flexibility index (Phi) is 8.66. The van der Waals surface area contributed by atoms with Crippen molar-refractivity contribution < 1.29 is 19.4 Å². The maximum Gasteiger partial charge on any atom is 0.305 e. The Bertz CT molecular complexity index is 459. The van der Waals surface area contributed by atoms with E-state index >= 15 is 0 Å². The smallest absolute Gasteiger partial charge is 0.305 e. The normalized spacial score (nSPS) is 12.5. The van der Waals surface area contributed by atoms with Crippen LogP contribution in [0.2, 0.25) is 0 Å². The molecule has 0 fully saturated rings. The number of hydrogen-bond acceptors (Lipinski definition) is 5. The highest BCUT2D eigenvalue weighted by Crippen LogP contribution is 2.14. The second-order valence-corrected chi connectivity index (χ2v) is 5.96. The second kappa shape index (κ2) is 10.2. The number of carbonyl (C=O) groups excluding carboxylic acids is 1. The first-order valence-corrected chi connectivity index (χ1v) is 8.16. The lowest BCUT2D eigenvalue weighted by Gasteiger charge is -2.28. The topological polar surface area (TPSA) is 59.0 Å². The molecule has 0 aliphatic rings. The van der Waals surface area contributed by atoms with Crippen molar-refractivity contribution in [2.75, 3.05) is 20.3 Å². The van der Waals surface area contributed by atoms with Crippen molar-refractivity contribution >= 4 is 5.97 Å². The summed E-state index contributed by atoms with van der Waals surface area (Å²) in [6.45, 7) is 7.32. The fraction of sp³-hybridized carbons (Fsp3) is 0.611. The Morgan fingerprint density at radius 3 is 2.43 bits per heavy atom. The van der Waals surface area contributed by atoms with Gasteiger partial charge in [-0.3, -0.25) is 9.69 Å². The highest BCUT2D eigenvalue weighted by molar-refractivity contribution is 5.69. The summed E-state index contributed by atoms with van der Waals surface area (Å²) in [5, 5.41) is 10.1. The third-order valence-corrected chi connectivity index (χ3v) is 3.61. The average molecular weight is 323 g/mol. The molecule has 0 heterocycles. The van der Waals surface area contributed by atoms with E-state index in [2.05, 4.69) is 18.7 Å². The fourth-order valence-corrected chi connectivity index (χ4v) is 2.21. The number of benzene rings is 1. The van der Waals surface area contributed by atoms with Crippen LogP contribution in [-0.2, 0) is 16.1 Å². The van der Waals surface area contributed by atoms with Gasteiger partial charge in [-0.15, -0.1) is 0 Å². The molecule has 0 aliphatic carbocycles. The van der Waals surface area contributed by atoms with Crippen LogP contribution in [0.15, 0.2) is 24.3 Å². The van der Waals surface area contributed by atoms with Crippen LogP contribution < -0.4 is 4.74 Å². The summed E-state index contributed by atoms with van der Waals surface area (Å²) in [6.07, 6.45) is 0.466. The molecule has 1 aromatic carbocycles. The van der Waals surface area contributed by atoms with E-state index < -0.39 is 6.10 Å². The molecule has 130 valence electrons. The Balaban J connectivity index is 2.51. The van der Waals surface area contributed by atoms with Gasteiger partial charge >= 0.3 is 5.97 Å². The van der Waals surface area contributed by atoms with Crippen molar-refractivity contribution in [1.29, 1.82) is 0 Å². The van der Waals surface area contributed by atoms with E-state index in [4.69, 9.17) is 9.47 Å². The van der Waals surface area contributed by atoms with Gasteiger partial charge in [-0.05, 0) is 38.0 Å². The van der Waals surface area contributed by atoms with E-state index in [1.165, 1.54) is 0 Å². The summed E-state index contributed by atoms with van der Waals surface area (Å²) < 4.78 is 10.2. The van der Waals surface area contributed by atoms with Gasteiger partial charge in [0.15, 0.2) is 0 Å². The molecule has 0 bridgehead atoms. The van der Waals surface area contributed by atoms with Gasteiger partial charge in [-0.25, -0.2) is 0 Å². The molecule has 0 radical (unpaired) electrons. The van der Waals surface area contributed by atoms with Gasteiger partial charge in [0.2, 0.25) is 0 Å². The number of ether oxygens (including phenoxy) is 2. The Labute approximate surface area is 139 Å². The third-order valence-electron chi connectivity index (χ3n) is 3.61. The number of aliphatic hydroxyl groups excluding tert-OH is 1. The van der Waals surface area contributed by atoms with Gasteiger partial charge in [-0.1, -0.05) is 19.1 Å². The molecule has 5 heteroatoms. The maximum absolute atomic E-state index is 11.4. The molecule has 1 aromatic rings. The molecular weight excluding hydrogens is 294 g/mol. The van der Waals surface area contributed by atoms with Crippen LogP contribution in [0.5, 0.6) is 5.75 Å². The van der Waals surface area contributed by atoms with Gasteiger partial charge in [0.05, 0.1) is 7.11 Å². The van der Waals surface area contributed by atoms with E-state index in [-0.39, 0.29) is 18.6 Å². The summed E-state index contributed by atoms with van der Waals surface area (Å²) in [4.78, 5) is 13.5. The fourth-order valence-electron chi connectivity index (χ4n) is 2.21. The number of esters is 1. The number of aliphatic hydroxyl groups is 1. The molecule has 0 aromatic heterocycles. The van der Waals surface area contributed by atoms with Crippen LogP contribution >= 0.6 is 0 Å². The lowest BCUT2D eigenvalue weighted by atomic mass is 10.1. The van der Waals surface area contributed by atoms with Crippen molar-refractivity contribution in [2.24, 2.45) is 0 Å². The first kappa shape index (κ1) is 19.5. The third kappa shape index (κ3) is 7.48. The van der Waals surface area contributed by atoms with Gasteiger partial charge < -0.3 is 14.6 Å². The minimum Gasteiger partial charge on any atom is -0.497 e. The number of hydrogen-bond donors (Lipinski definition) is 1. The monoisotopic (exact) mass is 323 g/mol. The maximum atomic E-state index is 11.4. The first-order valence-electron chi connectivity index (χ1n) is 8.16. The van der Waals surface area contributed by atoms with E-state index in [0.29, 0.717) is 13.0 Å². The molecule has 1 N–H and O–H groups in total. The van der Waals surface area contributed by atoms with E-state index in [0.717, 1.165) is 24.3 Å². The van der Waals surface area contributed by atoms with Gasteiger partial charge in [0, 0.05) is 25.6 Å². The van der Waals surface area contributed by atoms with Gasteiger partial charge in [-0.2, -0.15) is 0 Å². The molecule has 0 saturated heterocycles. The molecule has 0 spiro atoms. The zero-order valence-corrected chi connectivity index (χ0v) is 14.6. The number of rotatable bonds is 10. The van der Waals surface area contributed by atoms with E-state index in [1.54, 1.807) is 7.11 Å². The summed E-state index contributed by atoms with van der Waals surface area (Å²) in [6, 6.07) is 8.16. The van der Waals surface area contributed by atoms with Crippen molar-refractivity contribution in [1.82, 2.24) is 4.90 Å². The molecule has 1 rings (SSSR count). The molecule has 0 saturated carbocycles. The molecule has 1 atom stereocenters. The van der Waals surface area contributed by atoms with Gasteiger partial charge in [0.1, 0.15) is 18.5 Å². The molecular formula is C18H29NO4. The standard InChI is InChI=1S/C18H29NO4/c1-5-6-18(21)23-13-16(20)12-19(14(2)3)11-15-7-9-17(22-4)10-8-15/h7-10,14,16,20H,5-6,11-13H2,1-4H3. The molecule has 1 unspecified atom stereocenters. The van der Waals surface area contributed by atoms with Crippen LogP contribution in [0.25, 0.3) is 0 Å². The van der Waals surface area contributed by atoms with Crippen molar-refractivity contribution in [3.63, 3.8) is 0 Å². The van der Waals surface area contributed by atoms with Crippen LogP contribution in [0.1, 0.15) is 39.2 Å². The zero-order valence-electron chi connectivity index (χ0n) is 14.6. The Morgan fingerprint density at radius 1 is 1.26 bits per heavy atom. The SMILES string of the molecule is CCCC(=O)OCC(O)CN(Cc1ccc(OC)cc1)C(C)C. The van der Waals surface area contributed by atoms with Gasteiger partial charge in [0.25, 0.3) is 0 Å². The van der Waals surface area contributed by atoms with Crippen LogP contribution in [0.3, 0.4) is 0 Å². The van der Waals surface area contributed by atoms with Crippen molar-refractivity contribution in [3.05, 3.63) is 29.8 Å². The second-order valence-electron chi connectivity index (χ2n) is 5.96. The average Bonchev–Trinajstić information content (AvgIpc) is 2.53. The highest BCUT2D eigenvalue weighted by Gasteiger charge is 2.16. The van der Waals surface area contributed by atoms with Crippen molar-refractivity contribution in [2.45, 2.75) is 52.3 Å².